The number of aromatic nitrogens is 1. The van der Waals surface area contributed by atoms with Crippen molar-refractivity contribution in [2.24, 2.45) is 0 Å². The third-order valence-electron chi connectivity index (χ3n) is 4.08. The van der Waals surface area contributed by atoms with Gasteiger partial charge in [-0.25, -0.2) is 4.98 Å². The number of rotatable bonds is 3. The van der Waals surface area contributed by atoms with Crippen molar-refractivity contribution < 1.29 is 4.42 Å². The van der Waals surface area contributed by atoms with Crippen molar-refractivity contribution in [3.63, 3.8) is 0 Å². The number of anilines is 1. The van der Waals surface area contributed by atoms with E-state index in [1.165, 1.54) is 32.1 Å². The zero-order valence-corrected chi connectivity index (χ0v) is 11.4. The lowest BCUT2D eigenvalue weighted by Gasteiger charge is -2.30. The van der Waals surface area contributed by atoms with Gasteiger partial charge in [-0.15, -0.1) is 0 Å². The highest BCUT2D eigenvalue weighted by molar-refractivity contribution is 5.85. The number of hydrogen-bond donors (Lipinski definition) is 1. The Bertz CT molecular complexity index is 558. The highest BCUT2D eigenvalue weighted by Crippen LogP contribution is 2.25. The molecule has 0 radical (unpaired) electrons. The SMILES string of the molecule is CN(Cc1nc2c(N)cccc2o1)C1CCCCC1. The second-order valence-electron chi connectivity index (χ2n) is 5.51. The highest BCUT2D eigenvalue weighted by atomic mass is 16.3. The molecule has 0 unspecified atom stereocenters. The fourth-order valence-electron chi connectivity index (χ4n) is 2.95. The Labute approximate surface area is 113 Å². The van der Waals surface area contributed by atoms with Crippen molar-refractivity contribution in [3.05, 3.63) is 24.1 Å². The Kier molecular flexibility index (Phi) is 3.42. The average molecular weight is 259 g/mol. The lowest BCUT2D eigenvalue weighted by molar-refractivity contribution is 0.171. The van der Waals surface area contributed by atoms with Crippen LogP contribution >= 0.6 is 0 Å². The summed E-state index contributed by atoms with van der Waals surface area (Å²) in [6.07, 6.45) is 6.65. The Morgan fingerprint density at radius 2 is 2.11 bits per heavy atom. The molecule has 102 valence electrons. The van der Waals surface area contributed by atoms with E-state index in [9.17, 15) is 0 Å². The Balaban J connectivity index is 1.75. The molecule has 0 saturated heterocycles. The van der Waals surface area contributed by atoms with Crippen LogP contribution < -0.4 is 5.73 Å². The van der Waals surface area contributed by atoms with Gasteiger partial charge in [-0.1, -0.05) is 25.3 Å². The zero-order valence-electron chi connectivity index (χ0n) is 11.4. The Hall–Kier alpha value is -1.55. The average Bonchev–Trinajstić information content (AvgIpc) is 2.84. The molecule has 0 amide bonds. The summed E-state index contributed by atoms with van der Waals surface area (Å²) >= 11 is 0. The van der Waals surface area contributed by atoms with Crippen LogP contribution in [0.15, 0.2) is 22.6 Å². The van der Waals surface area contributed by atoms with Crippen LogP contribution in [-0.2, 0) is 6.54 Å². The Morgan fingerprint density at radius 1 is 1.32 bits per heavy atom. The van der Waals surface area contributed by atoms with Crippen LogP contribution in [0.4, 0.5) is 5.69 Å². The summed E-state index contributed by atoms with van der Waals surface area (Å²) in [4.78, 5) is 6.87. The first kappa shape index (κ1) is 12.5. The fraction of sp³-hybridized carbons (Fsp3) is 0.533. The molecule has 0 bridgehead atoms. The summed E-state index contributed by atoms with van der Waals surface area (Å²) in [7, 11) is 2.16. The van der Waals surface area contributed by atoms with Gasteiger partial charge in [0.15, 0.2) is 5.58 Å². The number of oxazole rings is 1. The van der Waals surface area contributed by atoms with Crippen molar-refractivity contribution in [2.45, 2.75) is 44.7 Å². The summed E-state index contributed by atoms with van der Waals surface area (Å²) in [5, 5.41) is 0. The molecule has 3 rings (SSSR count). The van der Waals surface area contributed by atoms with Gasteiger partial charge in [0.1, 0.15) is 5.52 Å². The van der Waals surface area contributed by atoms with E-state index in [1.54, 1.807) is 0 Å². The predicted octanol–water partition coefficient (Wildman–Crippen LogP) is 3.17. The molecule has 1 aromatic carbocycles. The van der Waals surface area contributed by atoms with Crippen LogP contribution in [0.5, 0.6) is 0 Å². The molecule has 1 saturated carbocycles. The molecule has 19 heavy (non-hydrogen) atoms. The molecule has 1 aliphatic rings. The molecule has 1 aromatic heterocycles. The van der Waals surface area contributed by atoms with Gasteiger partial charge in [-0.05, 0) is 32.0 Å². The third kappa shape index (κ3) is 2.59. The van der Waals surface area contributed by atoms with Crippen molar-refractivity contribution in [1.82, 2.24) is 9.88 Å². The first-order valence-electron chi connectivity index (χ1n) is 7.08. The number of hydrogen-bond acceptors (Lipinski definition) is 4. The van der Waals surface area contributed by atoms with E-state index in [4.69, 9.17) is 10.2 Å². The molecule has 2 aromatic rings. The van der Waals surface area contributed by atoms with Crippen LogP contribution in [-0.4, -0.2) is 23.0 Å². The summed E-state index contributed by atoms with van der Waals surface area (Å²) in [5.74, 6) is 0.765. The normalized spacial score (nSPS) is 17.4. The minimum absolute atomic E-state index is 0.668. The first-order valence-corrected chi connectivity index (χ1v) is 7.08. The molecule has 0 spiro atoms. The number of nitrogens with two attached hydrogens (primary N) is 1. The van der Waals surface area contributed by atoms with E-state index in [1.807, 2.05) is 18.2 Å². The maximum Gasteiger partial charge on any atom is 0.209 e. The molecular weight excluding hydrogens is 238 g/mol. The van der Waals surface area contributed by atoms with E-state index >= 15 is 0 Å². The molecule has 0 aliphatic heterocycles. The fourth-order valence-corrected chi connectivity index (χ4v) is 2.95. The molecule has 4 heteroatoms. The van der Waals surface area contributed by atoms with Crippen molar-refractivity contribution >= 4 is 16.8 Å². The van der Waals surface area contributed by atoms with Crippen LogP contribution in [0, 0.1) is 0 Å². The summed E-state index contributed by atoms with van der Waals surface area (Å²) in [6.45, 7) is 0.763. The third-order valence-corrected chi connectivity index (χ3v) is 4.08. The first-order chi connectivity index (χ1) is 9.24. The van der Waals surface area contributed by atoms with Crippen molar-refractivity contribution in [1.29, 1.82) is 0 Å². The zero-order chi connectivity index (χ0) is 13.2. The van der Waals surface area contributed by atoms with Crippen LogP contribution in [0.3, 0.4) is 0 Å². The molecular formula is C15H21N3O. The smallest absolute Gasteiger partial charge is 0.209 e. The van der Waals surface area contributed by atoms with Crippen molar-refractivity contribution in [2.75, 3.05) is 12.8 Å². The number of benzene rings is 1. The largest absolute Gasteiger partial charge is 0.439 e. The highest BCUT2D eigenvalue weighted by Gasteiger charge is 2.19. The predicted molar refractivity (Wildman–Crippen MR) is 76.8 cm³/mol. The number of nitrogens with zero attached hydrogens (tertiary/aromatic N) is 2. The maximum atomic E-state index is 5.91. The second kappa shape index (κ2) is 5.21. The van der Waals surface area contributed by atoms with E-state index < -0.39 is 0 Å². The molecule has 1 fully saturated rings. The van der Waals surface area contributed by atoms with Crippen molar-refractivity contribution in [3.8, 4) is 0 Å². The lowest BCUT2D eigenvalue weighted by Crippen LogP contribution is -2.32. The van der Waals surface area contributed by atoms with Gasteiger partial charge in [0.25, 0.3) is 0 Å². The summed E-state index contributed by atoms with van der Waals surface area (Å²) in [5.41, 5.74) is 8.17. The Morgan fingerprint density at radius 3 is 2.84 bits per heavy atom. The van der Waals surface area contributed by atoms with E-state index in [0.717, 1.165) is 23.5 Å². The van der Waals surface area contributed by atoms with E-state index in [0.29, 0.717) is 11.7 Å². The van der Waals surface area contributed by atoms with Crippen LogP contribution in [0.1, 0.15) is 38.0 Å². The van der Waals surface area contributed by atoms with Crippen LogP contribution in [0.2, 0.25) is 0 Å². The lowest BCUT2D eigenvalue weighted by atomic mass is 9.94. The maximum absolute atomic E-state index is 5.91. The standard InChI is InChI=1S/C15H21N3O/c1-18(11-6-3-2-4-7-11)10-14-17-15-12(16)8-5-9-13(15)19-14/h5,8-9,11H,2-4,6-7,10,16H2,1H3. The van der Waals surface area contributed by atoms with Gasteiger partial charge >= 0.3 is 0 Å². The van der Waals surface area contributed by atoms with Crippen LogP contribution in [0.25, 0.3) is 11.1 Å². The second-order valence-corrected chi connectivity index (χ2v) is 5.51. The number of para-hydroxylation sites is 1. The molecule has 4 nitrogen and oxygen atoms in total. The van der Waals surface area contributed by atoms with Gasteiger partial charge in [0.05, 0.1) is 12.2 Å². The van der Waals surface area contributed by atoms with Gasteiger partial charge in [-0.2, -0.15) is 0 Å². The van der Waals surface area contributed by atoms with E-state index in [2.05, 4.69) is 16.9 Å². The summed E-state index contributed by atoms with van der Waals surface area (Å²) < 4.78 is 5.78. The van der Waals surface area contributed by atoms with Gasteiger partial charge in [-0.3, -0.25) is 4.90 Å². The molecule has 1 aliphatic carbocycles. The quantitative estimate of drug-likeness (QED) is 0.860. The minimum atomic E-state index is 0.668. The van der Waals surface area contributed by atoms with E-state index in [-0.39, 0.29) is 0 Å². The van der Waals surface area contributed by atoms with Gasteiger partial charge in [0, 0.05) is 6.04 Å². The molecule has 0 atom stereocenters. The number of fused-ring (bicyclic) bond motifs is 1. The molecule has 2 N–H and O–H groups in total. The monoisotopic (exact) mass is 259 g/mol. The molecule has 1 heterocycles. The minimum Gasteiger partial charge on any atom is -0.439 e. The topological polar surface area (TPSA) is 55.3 Å². The number of nitrogen functional groups attached to an aromatic ring is 1. The van der Waals surface area contributed by atoms with Gasteiger partial charge in [0.2, 0.25) is 5.89 Å². The summed E-state index contributed by atoms with van der Waals surface area (Å²) in [6, 6.07) is 6.35. The van der Waals surface area contributed by atoms with Gasteiger partial charge < -0.3 is 10.2 Å².